The molecule has 4 aromatic rings. The van der Waals surface area contributed by atoms with Gasteiger partial charge in [-0.2, -0.15) is 8.75 Å². The second-order valence-electron chi connectivity index (χ2n) is 7.96. The van der Waals surface area contributed by atoms with E-state index in [2.05, 4.69) is 53.0 Å². The molecule has 0 amide bonds. The number of benzene rings is 1. The van der Waals surface area contributed by atoms with E-state index >= 15 is 0 Å². The lowest BCUT2D eigenvalue weighted by Gasteiger charge is -2.35. The predicted octanol–water partition coefficient (Wildman–Crippen LogP) is 3.59. The van der Waals surface area contributed by atoms with Crippen LogP contribution in [0.3, 0.4) is 0 Å². The molecule has 0 spiro atoms. The van der Waals surface area contributed by atoms with Gasteiger partial charge in [-0.3, -0.25) is 0 Å². The zero-order valence-corrected chi connectivity index (χ0v) is 20.5. The number of hydrogen-bond donors (Lipinski definition) is 2. The summed E-state index contributed by atoms with van der Waals surface area (Å²) in [6, 6.07) is 7.74. The van der Waals surface area contributed by atoms with E-state index in [0.29, 0.717) is 34.8 Å². The molecule has 0 radical (unpaired) electrons. The Balaban J connectivity index is 0.00000153. The number of anilines is 1. The van der Waals surface area contributed by atoms with E-state index < -0.39 is 0 Å². The Morgan fingerprint density at radius 1 is 1.06 bits per heavy atom. The molecule has 0 aliphatic carbocycles. The number of piperazine rings is 1. The Hall–Kier alpha value is -2.66. The molecule has 1 aromatic carbocycles. The van der Waals surface area contributed by atoms with Crippen LogP contribution in [0, 0.1) is 5.92 Å². The van der Waals surface area contributed by atoms with Gasteiger partial charge in [-0.05, 0) is 29.7 Å². The molecule has 33 heavy (non-hydrogen) atoms. The first-order valence-electron chi connectivity index (χ1n) is 10.2. The smallest absolute Gasteiger partial charge is 0.245 e. The van der Waals surface area contributed by atoms with Gasteiger partial charge in [0.15, 0.2) is 5.65 Å². The summed E-state index contributed by atoms with van der Waals surface area (Å²) in [5, 5.41) is 22.8. The maximum atomic E-state index is 10.6. The van der Waals surface area contributed by atoms with Crippen molar-refractivity contribution in [3.05, 3.63) is 36.7 Å². The van der Waals surface area contributed by atoms with Crippen molar-refractivity contribution < 1.29 is 5.11 Å². The molecule has 5 rings (SSSR count). The third-order valence-electron chi connectivity index (χ3n) is 5.56. The second kappa shape index (κ2) is 10.5. The van der Waals surface area contributed by atoms with Gasteiger partial charge < -0.3 is 15.3 Å². The van der Waals surface area contributed by atoms with Gasteiger partial charge in [0.1, 0.15) is 17.0 Å². The molecule has 174 valence electrons. The number of hydrogen-bond acceptors (Lipinski definition) is 10. The monoisotopic (exact) mass is 506 g/mol. The van der Waals surface area contributed by atoms with Gasteiger partial charge in [0.05, 0.1) is 17.9 Å². The molecule has 3 aromatic heterocycles. The first-order valence-corrected chi connectivity index (χ1v) is 10.9. The normalized spacial score (nSPS) is 15.8. The van der Waals surface area contributed by atoms with Crippen LogP contribution >= 0.6 is 36.5 Å². The average Bonchev–Trinajstić information content (AvgIpc) is 3.27. The minimum absolute atomic E-state index is 0. The molecule has 1 fully saturated rings. The van der Waals surface area contributed by atoms with Gasteiger partial charge in [-0.15, -0.1) is 35.0 Å². The van der Waals surface area contributed by atoms with Crippen molar-refractivity contribution in [3.8, 4) is 28.1 Å². The van der Waals surface area contributed by atoms with Gasteiger partial charge in [0.25, 0.3) is 0 Å². The third-order valence-corrected chi connectivity index (χ3v) is 6.10. The van der Waals surface area contributed by atoms with Crippen LogP contribution < -0.4 is 10.2 Å². The summed E-state index contributed by atoms with van der Waals surface area (Å²) < 4.78 is 8.34. The third kappa shape index (κ3) is 5.14. The number of rotatable bonds is 4. The van der Waals surface area contributed by atoms with Gasteiger partial charge in [0.2, 0.25) is 5.95 Å². The summed E-state index contributed by atoms with van der Waals surface area (Å²) in [6.07, 6.45) is 3.39. The van der Waals surface area contributed by atoms with Crippen molar-refractivity contribution in [2.45, 2.75) is 19.9 Å². The van der Waals surface area contributed by atoms with Crippen LogP contribution in [-0.4, -0.2) is 59.7 Å². The number of pyridine rings is 1. The summed E-state index contributed by atoms with van der Waals surface area (Å²) in [6.45, 7) is 7.01. The highest BCUT2D eigenvalue weighted by atomic mass is 35.5. The lowest BCUT2D eigenvalue weighted by molar-refractivity contribution is 0.365. The van der Waals surface area contributed by atoms with Crippen molar-refractivity contribution in [3.63, 3.8) is 0 Å². The summed E-state index contributed by atoms with van der Waals surface area (Å²) in [7, 11) is 0. The molecule has 0 bridgehead atoms. The van der Waals surface area contributed by atoms with E-state index in [1.54, 1.807) is 18.5 Å². The maximum absolute atomic E-state index is 10.6. The van der Waals surface area contributed by atoms with Crippen molar-refractivity contribution in [2.75, 3.05) is 24.5 Å². The van der Waals surface area contributed by atoms with Crippen LogP contribution in [0.25, 0.3) is 33.5 Å². The molecule has 0 saturated carbocycles. The van der Waals surface area contributed by atoms with Crippen molar-refractivity contribution in [1.82, 2.24) is 34.2 Å². The molecule has 12 heteroatoms. The van der Waals surface area contributed by atoms with Gasteiger partial charge >= 0.3 is 0 Å². The number of phenolic OH excluding ortho intramolecular Hbond substituents is 1. The lowest BCUT2D eigenvalue weighted by Crippen LogP contribution is -2.53. The van der Waals surface area contributed by atoms with Crippen LogP contribution in [0.5, 0.6) is 5.75 Å². The minimum Gasteiger partial charge on any atom is -0.507 e. The average molecular weight is 507 g/mol. The zero-order chi connectivity index (χ0) is 21.4. The number of halogens is 2. The highest BCUT2D eigenvalue weighted by molar-refractivity contribution is 7.00. The zero-order valence-electron chi connectivity index (χ0n) is 18.0. The van der Waals surface area contributed by atoms with E-state index in [-0.39, 0.29) is 30.6 Å². The first-order chi connectivity index (χ1) is 15.1. The van der Waals surface area contributed by atoms with Crippen LogP contribution in [0.4, 0.5) is 5.95 Å². The standard InChI is InChI=1S/C21H22N8OS.2ClH/c1-12(2)18-11-29(6-5-22-18)21-24-10-17(25-26-21)15-4-3-13(8-19(15)30)14-7-16-20(23-9-14)28-31-27-16;;/h3-4,7-10,12,18,22,30H,5-6,11H2,1-2H3;2*1H/t18-;;/m1../s1. The first kappa shape index (κ1) is 25.0. The molecule has 2 N–H and O–H groups in total. The number of nitrogens with zero attached hydrogens (tertiary/aromatic N) is 7. The maximum Gasteiger partial charge on any atom is 0.245 e. The molecular formula is C21H24Cl2N8OS. The Bertz CT molecular complexity index is 1220. The van der Waals surface area contributed by atoms with E-state index in [1.165, 1.54) is 0 Å². The highest BCUT2D eigenvalue weighted by Gasteiger charge is 2.23. The molecule has 0 unspecified atom stereocenters. The van der Waals surface area contributed by atoms with Crippen LogP contribution in [0.2, 0.25) is 0 Å². The quantitative estimate of drug-likeness (QED) is 0.428. The second-order valence-corrected chi connectivity index (χ2v) is 8.49. The van der Waals surface area contributed by atoms with Gasteiger partial charge in [-0.1, -0.05) is 19.9 Å². The van der Waals surface area contributed by atoms with Crippen LogP contribution in [0.15, 0.2) is 36.7 Å². The number of nitrogens with one attached hydrogen (secondary N) is 1. The minimum atomic E-state index is 0. The Morgan fingerprint density at radius 2 is 1.91 bits per heavy atom. The fourth-order valence-electron chi connectivity index (χ4n) is 3.72. The molecule has 1 atom stereocenters. The van der Waals surface area contributed by atoms with E-state index in [9.17, 15) is 5.11 Å². The fourth-order valence-corrected chi connectivity index (χ4v) is 4.20. The molecule has 9 nitrogen and oxygen atoms in total. The van der Waals surface area contributed by atoms with Crippen molar-refractivity contribution in [2.24, 2.45) is 5.92 Å². The number of aromatic nitrogens is 6. The fraction of sp³-hybridized carbons (Fsp3) is 0.333. The number of fused-ring (bicyclic) bond motifs is 1. The molecule has 1 saturated heterocycles. The lowest BCUT2D eigenvalue weighted by atomic mass is 10.0. The predicted molar refractivity (Wildman–Crippen MR) is 134 cm³/mol. The summed E-state index contributed by atoms with van der Waals surface area (Å²) in [5.74, 6) is 1.26. The molecule has 4 heterocycles. The number of phenols is 1. The SMILES string of the molecule is CC(C)[C@H]1CN(c2ncc(-c3ccc(-c4cnc5nsnc5c4)cc3O)nn2)CCN1.Cl.Cl. The van der Waals surface area contributed by atoms with Crippen LogP contribution in [-0.2, 0) is 0 Å². The molecular weight excluding hydrogens is 483 g/mol. The van der Waals surface area contributed by atoms with Crippen molar-refractivity contribution >= 4 is 53.7 Å². The Labute approximate surface area is 207 Å². The van der Waals surface area contributed by atoms with Crippen LogP contribution in [0.1, 0.15) is 13.8 Å². The summed E-state index contributed by atoms with van der Waals surface area (Å²) >= 11 is 1.13. The van der Waals surface area contributed by atoms with E-state index in [4.69, 9.17) is 0 Å². The van der Waals surface area contributed by atoms with E-state index in [1.807, 2.05) is 18.2 Å². The topological polar surface area (TPSA) is 113 Å². The molecule has 1 aliphatic heterocycles. The van der Waals surface area contributed by atoms with E-state index in [0.717, 1.165) is 48.0 Å². The Morgan fingerprint density at radius 3 is 2.64 bits per heavy atom. The van der Waals surface area contributed by atoms with Gasteiger partial charge in [0, 0.05) is 43.0 Å². The number of aromatic hydroxyl groups is 1. The molecule has 1 aliphatic rings. The summed E-state index contributed by atoms with van der Waals surface area (Å²) in [5.41, 5.74) is 4.17. The van der Waals surface area contributed by atoms with Gasteiger partial charge in [-0.25, -0.2) is 9.97 Å². The highest BCUT2D eigenvalue weighted by Crippen LogP contribution is 2.32. The van der Waals surface area contributed by atoms with Crippen molar-refractivity contribution in [1.29, 1.82) is 0 Å². The Kier molecular flexibility index (Phi) is 7.96. The largest absolute Gasteiger partial charge is 0.507 e. The summed E-state index contributed by atoms with van der Waals surface area (Å²) in [4.78, 5) is 11.0.